The van der Waals surface area contributed by atoms with E-state index in [1.54, 1.807) is 28.4 Å². The van der Waals surface area contributed by atoms with Crippen molar-refractivity contribution in [3.8, 4) is 10.6 Å². The molecular weight excluding hydrogens is 394 g/mol. The minimum Gasteiger partial charge on any atom is -0.510 e. The van der Waals surface area contributed by atoms with Crippen LogP contribution >= 0.6 is 22.7 Å². The number of esters is 1. The van der Waals surface area contributed by atoms with Crippen molar-refractivity contribution in [1.29, 1.82) is 5.41 Å². The number of carbonyl (C=O) groups excluding carboxylic acids is 1. The van der Waals surface area contributed by atoms with Gasteiger partial charge in [-0.1, -0.05) is 18.2 Å². The van der Waals surface area contributed by atoms with Crippen LogP contribution in [0.3, 0.4) is 0 Å². The summed E-state index contributed by atoms with van der Waals surface area (Å²) in [7, 11) is 1.35. The molecule has 1 aliphatic heterocycles. The number of hydrogen-bond donors (Lipinski definition) is 2. The van der Waals surface area contributed by atoms with Crippen molar-refractivity contribution in [2.75, 3.05) is 13.7 Å². The Bertz CT molecular complexity index is 1050. The maximum Gasteiger partial charge on any atom is 0.337 e. The van der Waals surface area contributed by atoms with E-state index >= 15 is 0 Å². The molecule has 8 heteroatoms. The summed E-state index contributed by atoms with van der Waals surface area (Å²) in [6.45, 7) is 0.720. The molecule has 0 spiro atoms. The molecule has 6 nitrogen and oxygen atoms in total. The van der Waals surface area contributed by atoms with Crippen molar-refractivity contribution in [1.82, 2.24) is 9.88 Å². The molecule has 0 amide bonds. The number of aliphatic hydroxyl groups excluding tert-OH is 1. The third-order valence-electron chi connectivity index (χ3n) is 4.42. The average Bonchev–Trinajstić information content (AvgIpc) is 3.43. The second-order valence-electron chi connectivity index (χ2n) is 6.23. The van der Waals surface area contributed by atoms with Crippen LogP contribution in [0, 0.1) is 5.41 Å². The third-order valence-corrected chi connectivity index (χ3v) is 6.17. The van der Waals surface area contributed by atoms with E-state index in [2.05, 4.69) is 4.98 Å². The average molecular weight is 412 g/mol. The Hall–Kier alpha value is -2.97. The lowest BCUT2D eigenvalue weighted by molar-refractivity contribution is 0.0600. The molecule has 0 radical (unpaired) electrons. The monoisotopic (exact) mass is 411 g/mol. The van der Waals surface area contributed by atoms with Crippen LogP contribution in [0.15, 0.2) is 52.9 Å². The minimum atomic E-state index is -0.382. The molecule has 0 unspecified atom stereocenters. The van der Waals surface area contributed by atoms with E-state index < -0.39 is 0 Å². The molecule has 3 aromatic rings. The molecule has 0 fully saturated rings. The van der Waals surface area contributed by atoms with Crippen LogP contribution in [0.4, 0.5) is 0 Å². The lowest BCUT2D eigenvalue weighted by Crippen LogP contribution is -2.26. The highest BCUT2D eigenvalue weighted by Crippen LogP contribution is 2.34. The quantitative estimate of drug-likeness (QED) is 0.607. The molecule has 0 saturated heterocycles. The first-order chi connectivity index (χ1) is 13.6. The van der Waals surface area contributed by atoms with Crippen LogP contribution in [-0.4, -0.2) is 40.4 Å². The Kier molecular flexibility index (Phi) is 4.97. The van der Waals surface area contributed by atoms with E-state index in [1.165, 1.54) is 18.4 Å². The lowest BCUT2D eigenvalue weighted by Gasteiger charge is -2.18. The fourth-order valence-corrected chi connectivity index (χ4v) is 4.65. The van der Waals surface area contributed by atoms with Crippen LogP contribution in [0.5, 0.6) is 0 Å². The molecule has 0 saturated carbocycles. The molecule has 0 atom stereocenters. The highest BCUT2D eigenvalue weighted by molar-refractivity contribution is 7.14. The van der Waals surface area contributed by atoms with Gasteiger partial charge in [0.15, 0.2) is 0 Å². The zero-order valence-electron chi connectivity index (χ0n) is 15.0. The van der Waals surface area contributed by atoms with Crippen molar-refractivity contribution in [3.63, 3.8) is 0 Å². The van der Waals surface area contributed by atoms with Crippen molar-refractivity contribution in [2.24, 2.45) is 0 Å². The highest BCUT2D eigenvalue weighted by atomic mass is 32.1. The van der Waals surface area contributed by atoms with Crippen molar-refractivity contribution >= 4 is 40.1 Å². The van der Waals surface area contributed by atoms with Gasteiger partial charge in [-0.2, -0.15) is 0 Å². The number of ether oxygens (including phenoxy) is 1. The first-order valence-corrected chi connectivity index (χ1v) is 10.3. The molecule has 142 valence electrons. The fourth-order valence-electron chi connectivity index (χ4n) is 3.00. The van der Waals surface area contributed by atoms with Crippen LogP contribution in [0.1, 0.15) is 20.9 Å². The maximum atomic E-state index is 11.5. The number of aromatic nitrogens is 1. The van der Waals surface area contributed by atoms with E-state index in [9.17, 15) is 9.90 Å². The topological polar surface area (TPSA) is 86.5 Å². The summed E-state index contributed by atoms with van der Waals surface area (Å²) in [6, 6.07) is 11.0. The third kappa shape index (κ3) is 3.44. The minimum absolute atomic E-state index is 0.156. The van der Waals surface area contributed by atoms with Gasteiger partial charge in [-0.3, -0.25) is 5.41 Å². The lowest BCUT2D eigenvalue weighted by atomic mass is 10.1. The van der Waals surface area contributed by atoms with Gasteiger partial charge in [-0.15, -0.1) is 22.7 Å². The van der Waals surface area contributed by atoms with Gasteiger partial charge in [0.2, 0.25) is 0 Å². The zero-order chi connectivity index (χ0) is 19.7. The molecule has 1 aromatic carbocycles. The van der Waals surface area contributed by atoms with Gasteiger partial charge in [0.1, 0.15) is 16.6 Å². The molecule has 28 heavy (non-hydrogen) atoms. The SMILES string of the molecule is COC(=O)c1ccc(CN2CC(O)=C(c3nc(-c4cccs4)cs3)C2=N)cc1. The molecule has 2 aromatic heterocycles. The van der Waals surface area contributed by atoms with Gasteiger partial charge in [0.25, 0.3) is 0 Å². The van der Waals surface area contributed by atoms with Crippen LogP contribution in [0.2, 0.25) is 0 Å². The summed E-state index contributed by atoms with van der Waals surface area (Å²) >= 11 is 3.04. The summed E-state index contributed by atoms with van der Waals surface area (Å²) in [5, 5.41) is 23.6. The summed E-state index contributed by atoms with van der Waals surface area (Å²) in [5.74, 6) is 0.0252. The number of thiazole rings is 1. The first-order valence-electron chi connectivity index (χ1n) is 8.50. The second kappa shape index (κ2) is 7.57. The summed E-state index contributed by atoms with van der Waals surface area (Å²) < 4.78 is 4.70. The molecule has 1 aliphatic rings. The Morgan fingerprint density at radius 2 is 2.07 bits per heavy atom. The summed E-state index contributed by atoms with van der Waals surface area (Å²) in [4.78, 5) is 19.0. The molecule has 4 rings (SSSR count). The van der Waals surface area contributed by atoms with Crippen LogP contribution < -0.4 is 0 Å². The van der Waals surface area contributed by atoms with Crippen molar-refractivity contribution in [2.45, 2.75) is 6.54 Å². The Morgan fingerprint density at radius 1 is 1.29 bits per heavy atom. The number of thiophene rings is 1. The van der Waals surface area contributed by atoms with E-state index in [-0.39, 0.29) is 24.1 Å². The number of rotatable bonds is 5. The van der Waals surface area contributed by atoms with Gasteiger partial charge >= 0.3 is 5.97 Å². The molecule has 3 heterocycles. The number of hydrogen-bond acceptors (Lipinski definition) is 7. The van der Waals surface area contributed by atoms with Crippen molar-refractivity contribution < 1.29 is 14.6 Å². The molecular formula is C20H17N3O3S2. The van der Waals surface area contributed by atoms with Gasteiger partial charge in [-0.25, -0.2) is 9.78 Å². The maximum absolute atomic E-state index is 11.5. The number of nitrogens with one attached hydrogen (secondary N) is 1. The standard InChI is InChI=1S/C20H17N3O3S2/c1-26-20(25)13-6-4-12(5-7-13)9-23-10-15(24)17(18(23)21)19-22-14(11-28-19)16-3-2-8-27-16/h2-8,11,21,24H,9-10H2,1H3. The van der Waals surface area contributed by atoms with Gasteiger partial charge < -0.3 is 14.7 Å². The number of nitrogens with zero attached hydrogens (tertiary/aromatic N) is 2. The Morgan fingerprint density at radius 3 is 2.75 bits per heavy atom. The van der Waals surface area contributed by atoms with Gasteiger partial charge in [0, 0.05) is 11.9 Å². The normalized spacial score (nSPS) is 14.0. The Balaban J connectivity index is 1.50. The van der Waals surface area contributed by atoms with Crippen molar-refractivity contribution in [3.05, 3.63) is 69.1 Å². The summed E-state index contributed by atoms with van der Waals surface area (Å²) in [5.41, 5.74) is 2.76. The Labute approximate surface area is 169 Å². The van der Waals surface area contributed by atoms with E-state index in [0.29, 0.717) is 22.7 Å². The van der Waals surface area contributed by atoms with E-state index in [4.69, 9.17) is 10.1 Å². The molecule has 2 N–H and O–H groups in total. The fraction of sp³-hybridized carbons (Fsp3) is 0.150. The van der Waals surface area contributed by atoms with E-state index in [0.717, 1.165) is 16.1 Å². The highest BCUT2D eigenvalue weighted by Gasteiger charge is 2.30. The molecule has 0 aliphatic carbocycles. The van der Waals surface area contributed by atoms with E-state index in [1.807, 2.05) is 35.0 Å². The van der Waals surface area contributed by atoms with Crippen LogP contribution in [-0.2, 0) is 11.3 Å². The van der Waals surface area contributed by atoms with Gasteiger partial charge in [0.05, 0.1) is 35.4 Å². The zero-order valence-corrected chi connectivity index (χ0v) is 16.6. The molecule has 0 bridgehead atoms. The van der Waals surface area contributed by atoms with Crippen LogP contribution in [0.25, 0.3) is 16.1 Å². The number of benzene rings is 1. The number of aliphatic hydroxyl groups is 1. The number of amidine groups is 1. The predicted molar refractivity (Wildman–Crippen MR) is 111 cm³/mol. The largest absolute Gasteiger partial charge is 0.510 e. The smallest absolute Gasteiger partial charge is 0.337 e. The second-order valence-corrected chi connectivity index (χ2v) is 8.04. The number of carbonyl (C=O) groups is 1. The summed E-state index contributed by atoms with van der Waals surface area (Å²) in [6.07, 6.45) is 0. The van der Waals surface area contributed by atoms with Gasteiger partial charge in [-0.05, 0) is 29.1 Å². The predicted octanol–water partition coefficient (Wildman–Crippen LogP) is 4.42. The first kappa shape index (κ1) is 18.4. The number of methoxy groups -OCH3 is 1.